The first-order valence-corrected chi connectivity index (χ1v) is 7.66. The van der Waals surface area contributed by atoms with Gasteiger partial charge in [0.25, 0.3) is 0 Å². The number of halogens is 2. The molecule has 1 heterocycles. The molecule has 17 heavy (non-hydrogen) atoms. The van der Waals surface area contributed by atoms with Gasteiger partial charge in [0.1, 0.15) is 4.88 Å². The standard InChI is InChI=1S/C11H10Br2O3S/c12-6-5-9(17-10(6)13)11(15)16-8-4-2-1-3-7(8)14/h5,8H,1-4H2/t8-/m0/s1. The molecular formula is C11H10Br2O3S. The molecule has 1 saturated carbocycles. The molecule has 0 spiro atoms. The third-order valence-corrected chi connectivity index (χ3v) is 5.83. The molecule has 1 aromatic rings. The molecule has 3 nitrogen and oxygen atoms in total. The summed E-state index contributed by atoms with van der Waals surface area (Å²) >= 11 is 7.92. The van der Waals surface area contributed by atoms with Crippen molar-refractivity contribution in [1.29, 1.82) is 0 Å². The second-order valence-electron chi connectivity index (χ2n) is 3.84. The van der Waals surface area contributed by atoms with Crippen molar-refractivity contribution in [3.8, 4) is 0 Å². The van der Waals surface area contributed by atoms with Gasteiger partial charge in [-0.05, 0) is 57.2 Å². The lowest BCUT2D eigenvalue weighted by atomic mass is 9.96. The SMILES string of the molecule is O=C(O[C@H]1CCCCC1=O)c1cc(Br)c(Br)s1. The minimum Gasteiger partial charge on any atom is -0.450 e. The van der Waals surface area contributed by atoms with Crippen molar-refractivity contribution in [3.63, 3.8) is 0 Å². The van der Waals surface area contributed by atoms with Crippen LogP contribution in [0.2, 0.25) is 0 Å². The van der Waals surface area contributed by atoms with Crippen LogP contribution in [0.4, 0.5) is 0 Å². The van der Waals surface area contributed by atoms with Gasteiger partial charge in [0.15, 0.2) is 11.9 Å². The van der Waals surface area contributed by atoms with Crippen LogP contribution >= 0.6 is 43.2 Å². The average molecular weight is 382 g/mol. The maximum atomic E-state index is 11.8. The van der Waals surface area contributed by atoms with Crippen LogP contribution in [-0.4, -0.2) is 17.9 Å². The number of Topliss-reactive ketones (excluding diaryl/α,β-unsaturated/α-hetero) is 1. The Morgan fingerprint density at radius 2 is 2.18 bits per heavy atom. The Morgan fingerprint density at radius 3 is 2.76 bits per heavy atom. The molecule has 0 unspecified atom stereocenters. The van der Waals surface area contributed by atoms with Gasteiger partial charge in [-0.2, -0.15) is 0 Å². The lowest BCUT2D eigenvalue weighted by Crippen LogP contribution is -2.29. The number of carbonyl (C=O) groups is 2. The van der Waals surface area contributed by atoms with E-state index in [1.165, 1.54) is 11.3 Å². The van der Waals surface area contributed by atoms with Crippen molar-refractivity contribution >= 4 is 54.9 Å². The quantitative estimate of drug-likeness (QED) is 0.728. The second-order valence-corrected chi connectivity index (χ2v) is 7.06. The van der Waals surface area contributed by atoms with E-state index in [1.807, 2.05) is 0 Å². The monoisotopic (exact) mass is 380 g/mol. The predicted molar refractivity (Wildman–Crippen MR) is 72.4 cm³/mol. The van der Waals surface area contributed by atoms with E-state index in [1.54, 1.807) is 6.07 Å². The van der Waals surface area contributed by atoms with Gasteiger partial charge in [0.2, 0.25) is 0 Å². The van der Waals surface area contributed by atoms with Crippen LogP contribution in [0.5, 0.6) is 0 Å². The topological polar surface area (TPSA) is 43.4 Å². The summed E-state index contributed by atoms with van der Waals surface area (Å²) in [6.07, 6.45) is 2.48. The molecule has 0 amide bonds. The summed E-state index contributed by atoms with van der Waals surface area (Å²) in [6.45, 7) is 0. The highest BCUT2D eigenvalue weighted by atomic mass is 79.9. The van der Waals surface area contributed by atoms with Crippen molar-refractivity contribution in [2.24, 2.45) is 0 Å². The summed E-state index contributed by atoms with van der Waals surface area (Å²) in [5.41, 5.74) is 0. The number of hydrogen-bond acceptors (Lipinski definition) is 4. The molecule has 6 heteroatoms. The van der Waals surface area contributed by atoms with E-state index in [9.17, 15) is 9.59 Å². The molecular weight excluding hydrogens is 372 g/mol. The van der Waals surface area contributed by atoms with Crippen molar-refractivity contribution in [2.45, 2.75) is 31.8 Å². The first-order valence-electron chi connectivity index (χ1n) is 5.26. The van der Waals surface area contributed by atoms with Crippen molar-refractivity contribution < 1.29 is 14.3 Å². The third kappa shape index (κ3) is 3.17. The Morgan fingerprint density at radius 1 is 1.41 bits per heavy atom. The highest BCUT2D eigenvalue weighted by Crippen LogP contribution is 2.33. The molecule has 1 aromatic heterocycles. The van der Waals surface area contributed by atoms with Gasteiger partial charge < -0.3 is 4.74 Å². The van der Waals surface area contributed by atoms with E-state index < -0.39 is 12.1 Å². The van der Waals surface area contributed by atoms with Crippen LogP contribution in [0.15, 0.2) is 14.3 Å². The molecule has 0 bridgehead atoms. The van der Waals surface area contributed by atoms with Crippen LogP contribution in [0, 0.1) is 0 Å². The van der Waals surface area contributed by atoms with Gasteiger partial charge >= 0.3 is 5.97 Å². The molecule has 1 atom stereocenters. The molecule has 1 aliphatic rings. The minimum atomic E-state index is -0.545. The Hall–Kier alpha value is -0.200. The summed E-state index contributed by atoms with van der Waals surface area (Å²) in [7, 11) is 0. The molecule has 0 N–H and O–H groups in total. The number of carbonyl (C=O) groups excluding carboxylic acids is 2. The fourth-order valence-electron chi connectivity index (χ4n) is 1.71. The van der Waals surface area contributed by atoms with Crippen LogP contribution in [-0.2, 0) is 9.53 Å². The molecule has 0 radical (unpaired) electrons. The second kappa shape index (κ2) is 5.63. The van der Waals surface area contributed by atoms with E-state index >= 15 is 0 Å². The first kappa shape index (κ1) is 13.2. The van der Waals surface area contributed by atoms with E-state index in [0.29, 0.717) is 17.7 Å². The maximum absolute atomic E-state index is 11.8. The Labute approximate surface area is 120 Å². The van der Waals surface area contributed by atoms with Gasteiger partial charge in [-0.3, -0.25) is 4.79 Å². The van der Waals surface area contributed by atoms with Crippen molar-refractivity contribution in [1.82, 2.24) is 0 Å². The fourth-order valence-corrected chi connectivity index (χ4v) is 3.63. The van der Waals surface area contributed by atoms with Crippen LogP contribution < -0.4 is 0 Å². The summed E-state index contributed by atoms with van der Waals surface area (Å²) in [5.74, 6) is -0.374. The zero-order valence-electron chi connectivity index (χ0n) is 8.87. The predicted octanol–water partition coefficient (Wildman–Crippen LogP) is 3.94. The van der Waals surface area contributed by atoms with Crippen molar-refractivity contribution in [3.05, 3.63) is 19.2 Å². The summed E-state index contributed by atoms with van der Waals surface area (Å²) < 4.78 is 6.91. The summed E-state index contributed by atoms with van der Waals surface area (Å²) in [4.78, 5) is 23.9. The van der Waals surface area contributed by atoms with Gasteiger partial charge in [0.05, 0.1) is 3.79 Å². The van der Waals surface area contributed by atoms with E-state index in [2.05, 4.69) is 31.9 Å². The van der Waals surface area contributed by atoms with Gasteiger partial charge in [-0.25, -0.2) is 4.79 Å². The average Bonchev–Trinajstić information content (AvgIpc) is 2.63. The number of hydrogen-bond donors (Lipinski definition) is 0. The largest absolute Gasteiger partial charge is 0.450 e. The summed E-state index contributed by atoms with van der Waals surface area (Å²) in [5, 5.41) is 0. The number of rotatable bonds is 2. The highest BCUT2D eigenvalue weighted by molar-refractivity contribution is 9.13. The number of thiophene rings is 1. The molecule has 0 aromatic carbocycles. The minimum absolute atomic E-state index is 0.0410. The number of ether oxygens (including phenoxy) is 1. The fraction of sp³-hybridized carbons (Fsp3) is 0.455. The first-order chi connectivity index (χ1) is 8.08. The lowest BCUT2D eigenvalue weighted by molar-refractivity contribution is -0.129. The Kier molecular flexibility index (Phi) is 4.38. The Balaban J connectivity index is 2.03. The van der Waals surface area contributed by atoms with E-state index in [-0.39, 0.29) is 5.78 Å². The lowest BCUT2D eigenvalue weighted by Gasteiger charge is -2.20. The maximum Gasteiger partial charge on any atom is 0.349 e. The van der Waals surface area contributed by atoms with Gasteiger partial charge in [-0.1, -0.05) is 0 Å². The van der Waals surface area contributed by atoms with Crippen LogP contribution in [0.1, 0.15) is 35.4 Å². The highest BCUT2D eigenvalue weighted by Gasteiger charge is 2.27. The molecule has 1 fully saturated rings. The van der Waals surface area contributed by atoms with Gasteiger partial charge in [-0.15, -0.1) is 11.3 Å². The molecule has 0 saturated heterocycles. The molecule has 1 aliphatic carbocycles. The zero-order chi connectivity index (χ0) is 12.4. The smallest absolute Gasteiger partial charge is 0.349 e. The third-order valence-electron chi connectivity index (χ3n) is 2.59. The number of esters is 1. The van der Waals surface area contributed by atoms with Crippen LogP contribution in [0.3, 0.4) is 0 Å². The number of ketones is 1. The Bertz CT molecular complexity index is 436. The summed E-state index contributed by atoms with van der Waals surface area (Å²) in [6, 6.07) is 1.70. The van der Waals surface area contributed by atoms with Crippen molar-refractivity contribution in [2.75, 3.05) is 0 Å². The van der Waals surface area contributed by atoms with Crippen LogP contribution in [0.25, 0.3) is 0 Å². The molecule has 0 aliphatic heterocycles. The zero-order valence-corrected chi connectivity index (χ0v) is 12.9. The van der Waals surface area contributed by atoms with E-state index in [0.717, 1.165) is 21.1 Å². The molecule has 92 valence electrons. The normalized spacial score (nSPS) is 20.4. The van der Waals surface area contributed by atoms with E-state index in [4.69, 9.17) is 4.74 Å². The van der Waals surface area contributed by atoms with Gasteiger partial charge in [0, 0.05) is 10.9 Å². The molecule has 2 rings (SSSR count).